The molecule has 0 amide bonds. The van der Waals surface area contributed by atoms with E-state index in [0.29, 0.717) is 11.5 Å². The van der Waals surface area contributed by atoms with E-state index in [0.717, 1.165) is 28.0 Å². The average molecular weight is 371 g/mol. The first-order valence-corrected chi connectivity index (χ1v) is 8.99. The second kappa shape index (κ2) is 7.56. The van der Waals surface area contributed by atoms with Crippen LogP contribution in [0.15, 0.2) is 72.0 Å². The van der Waals surface area contributed by atoms with E-state index in [1.807, 2.05) is 42.7 Å². The quantitative estimate of drug-likeness (QED) is 0.459. The SMILES string of the molecule is COc1cccc(C=Nc2ccc3c(c2)ncn3-c2ccc(C)cc2)c1OC. The van der Waals surface area contributed by atoms with Gasteiger partial charge in [-0.2, -0.15) is 0 Å². The number of hydrogen-bond acceptors (Lipinski definition) is 4. The summed E-state index contributed by atoms with van der Waals surface area (Å²) in [7, 11) is 3.25. The highest BCUT2D eigenvalue weighted by Crippen LogP contribution is 2.30. The van der Waals surface area contributed by atoms with Crippen molar-refractivity contribution in [2.24, 2.45) is 4.99 Å². The molecule has 1 heterocycles. The summed E-state index contributed by atoms with van der Waals surface area (Å²) in [6.07, 6.45) is 3.62. The molecule has 0 saturated heterocycles. The maximum Gasteiger partial charge on any atom is 0.169 e. The van der Waals surface area contributed by atoms with Crippen LogP contribution in [0.1, 0.15) is 11.1 Å². The van der Waals surface area contributed by atoms with Gasteiger partial charge in [0.25, 0.3) is 0 Å². The Labute approximate surface area is 163 Å². The van der Waals surface area contributed by atoms with E-state index in [9.17, 15) is 0 Å². The molecule has 5 nitrogen and oxygen atoms in total. The van der Waals surface area contributed by atoms with Crippen LogP contribution in [-0.2, 0) is 0 Å². The Hall–Kier alpha value is -3.60. The molecule has 0 unspecified atom stereocenters. The summed E-state index contributed by atoms with van der Waals surface area (Å²) < 4.78 is 12.9. The van der Waals surface area contributed by atoms with Gasteiger partial charge in [0.15, 0.2) is 11.5 Å². The monoisotopic (exact) mass is 371 g/mol. The van der Waals surface area contributed by atoms with Gasteiger partial charge in [0.2, 0.25) is 0 Å². The summed E-state index contributed by atoms with van der Waals surface area (Å²) in [4.78, 5) is 9.13. The topological polar surface area (TPSA) is 48.6 Å². The fourth-order valence-electron chi connectivity index (χ4n) is 3.15. The molecule has 3 aromatic carbocycles. The molecular formula is C23H21N3O2. The van der Waals surface area contributed by atoms with Crippen LogP contribution in [0.2, 0.25) is 0 Å². The van der Waals surface area contributed by atoms with Gasteiger partial charge in [-0.25, -0.2) is 4.98 Å². The number of aromatic nitrogens is 2. The summed E-state index contributed by atoms with van der Waals surface area (Å²) in [6, 6.07) is 20.1. The van der Waals surface area contributed by atoms with E-state index in [1.54, 1.807) is 20.4 Å². The highest BCUT2D eigenvalue weighted by Gasteiger charge is 2.08. The second-order valence-corrected chi connectivity index (χ2v) is 6.46. The fraction of sp³-hybridized carbons (Fsp3) is 0.130. The Morgan fingerprint density at radius 2 is 1.79 bits per heavy atom. The summed E-state index contributed by atoms with van der Waals surface area (Å²) >= 11 is 0. The number of aliphatic imine (C=N–C) groups is 1. The smallest absolute Gasteiger partial charge is 0.169 e. The summed E-state index contributed by atoms with van der Waals surface area (Å²) in [5.74, 6) is 1.34. The molecule has 4 rings (SSSR count). The van der Waals surface area contributed by atoms with Crippen molar-refractivity contribution in [2.45, 2.75) is 6.92 Å². The normalized spacial score (nSPS) is 11.2. The van der Waals surface area contributed by atoms with Crippen LogP contribution in [0.5, 0.6) is 11.5 Å². The third-order valence-electron chi connectivity index (χ3n) is 4.63. The van der Waals surface area contributed by atoms with Gasteiger partial charge in [-0.05, 0) is 49.4 Å². The molecule has 0 aliphatic heterocycles. The molecule has 0 atom stereocenters. The number of nitrogens with zero attached hydrogens (tertiary/aromatic N) is 3. The summed E-state index contributed by atoms with van der Waals surface area (Å²) in [6.45, 7) is 2.08. The van der Waals surface area contributed by atoms with E-state index in [4.69, 9.17) is 9.47 Å². The van der Waals surface area contributed by atoms with Crippen molar-refractivity contribution in [3.63, 3.8) is 0 Å². The molecule has 0 bridgehead atoms. The van der Waals surface area contributed by atoms with Gasteiger partial charge < -0.3 is 9.47 Å². The predicted molar refractivity (Wildman–Crippen MR) is 113 cm³/mol. The van der Waals surface area contributed by atoms with Crippen LogP contribution in [0.3, 0.4) is 0 Å². The van der Waals surface area contributed by atoms with Gasteiger partial charge in [-0.15, -0.1) is 0 Å². The van der Waals surface area contributed by atoms with E-state index in [-0.39, 0.29) is 0 Å². The number of rotatable bonds is 5. The van der Waals surface area contributed by atoms with Crippen molar-refractivity contribution in [3.8, 4) is 17.2 Å². The number of fused-ring (bicyclic) bond motifs is 1. The minimum absolute atomic E-state index is 0.665. The summed E-state index contributed by atoms with van der Waals surface area (Å²) in [5.41, 5.74) is 5.94. The van der Waals surface area contributed by atoms with Gasteiger partial charge >= 0.3 is 0 Å². The number of methoxy groups -OCH3 is 2. The fourth-order valence-corrected chi connectivity index (χ4v) is 3.15. The van der Waals surface area contributed by atoms with Crippen LogP contribution in [0.4, 0.5) is 5.69 Å². The van der Waals surface area contributed by atoms with Gasteiger partial charge in [0.1, 0.15) is 6.33 Å². The van der Waals surface area contributed by atoms with Crippen molar-refractivity contribution in [2.75, 3.05) is 14.2 Å². The molecular weight excluding hydrogens is 350 g/mol. The molecule has 4 aromatic rings. The molecule has 0 radical (unpaired) electrons. The third-order valence-corrected chi connectivity index (χ3v) is 4.63. The van der Waals surface area contributed by atoms with Crippen molar-refractivity contribution in [1.82, 2.24) is 9.55 Å². The first-order chi connectivity index (χ1) is 13.7. The number of ether oxygens (including phenoxy) is 2. The van der Waals surface area contributed by atoms with Crippen LogP contribution in [0.25, 0.3) is 16.7 Å². The van der Waals surface area contributed by atoms with Crippen molar-refractivity contribution < 1.29 is 9.47 Å². The van der Waals surface area contributed by atoms with Crippen molar-refractivity contribution in [1.29, 1.82) is 0 Å². The molecule has 28 heavy (non-hydrogen) atoms. The van der Waals surface area contributed by atoms with Gasteiger partial charge in [-0.1, -0.05) is 23.8 Å². The Balaban J connectivity index is 1.66. The Kier molecular flexibility index (Phi) is 4.81. The molecule has 5 heteroatoms. The van der Waals surface area contributed by atoms with Gasteiger partial charge in [-0.3, -0.25) is 9.56 Å². The largest absolute Gasteiger partial charge is 0.493 e. The zero-order chi connectivity index (χ0) is 19.5. The third kappa shape index (κ3) is 3.34. The number of aryl methyl sites for hydroxylation is 1. The van der Waals surface area contributed by atoms with Crippen LogP contribution in [-0.4, -0.2) is 30.0 Å². The zero-order valence-corrected chi connectivity index (χ0v) is 16.1. The molecule has 0 saturated carbocycles. The molecule has 0 spiro atoms. The first kappa shape index (κ1) is 17.8. The van der Waals surface area contributed by atoms with Crippen LogP contribution < -0.4 is 9.47 Å². The minimum Gasteiger partial charge on any atom is -0.493 e. The van der Waals surface area contributed by atoms with Gasteiger partial charge in [0.05, 0.1) is 30.9 Å². The molecule has 140 valence electrons. The van der Waals surface area contributed by atoms with Crippen LogP contribution in [0, 0.1) is 6.92 Å². The number of benzene rings is 3. The lowest BCUT2D eigenvalue weighted by atomic mass is 10.2. The molecule has 0 fully saturated rings. The number of hydrogen-bond donors (Lipinski definition) is 0. The molecule has 0 aliphatic rings. The highest BCUT2D eigenvalue weighted by molar-refractivity contribution is 5.88. The Morgan fingerprint density at radius 1 is 0.964 bits per heavy atom. The second-order valence-electron chi connectivity index (χ2n) is 6.46. The van der Waals surface area contributed by atoms with Crippen molar-refractivity contribution in [3.05, 3.63) is 78.1 Å². The number of para-hydroxylation sites is 1. The number of imidazole rings is 1. The molecule has 0 N–H and O–H groups in total. The van der Waals surface area contributed by atoms with E-state index >= 15 is 0 Å². The molecule has 1 aromatic heterocycles. The highest BCUT2D eigenvalue weighted by atomic mass is 16.5. The van der Waals surface area contributed by atoms with Crippen molar-refractivity contribution >= 4 is 22.9 Å². The summed E-state index contributed by atoms with van der Waals surface area (Å²) in [5, 5.41) is 0. The van der Waals surface area contributed by atoms with E-state index < -0.39 is 0 Å². The lowest BCUT2D eigenvalue weighted by molar-refractivity contribution is 0.354. The predicted octanol–water partition coefficient (Wildman–Crippen LogP) is 5.10. The lowest BCUT2D eigenvalue weighted by Gasteiger charge is -2.09. The average Bonchev–Trinajstić information content (AvgIpc) is 3.15. The van der Waals surface area contributed by atoms with Gasteiger partial charge in [0, 0.05) is 17.5 Å². The zero-order valence-electron chi connectivity index (χ0n) is 16.1. The lowest BCUT2D eigenvalue weighted by Crippen LogP contribution is -1.94. The van der Waals surface area contributed by atoms with Crippen LogP contribution >= 0.6 is 0 Å². The van der Waals surface area contributed by atoms with E-state index in [2.05, 4.69) is 45.7 Å². The minimum atomic E-state index is 0.665. The standard InChI is InChI=1S/C23H21N3O2/c1-16-7-10-19(11-8-16)26-15-25-20-13-18(9-12-21(20)26)24-14-17-5-4-6-22(27-2)23(17)28-3/h4-15H,1-3H3. The Morgan fingerprint density at radius 3 is 2.54 bits per heavy atom. The first-order valence-electron chi connectivity index (χ1n) is 8.99. The maximum absolute atomic E-state index is 5.45. The van der Waals surface area contributed by atoms with E-state index in [1.165, 1.54) is 5.56 Å². The molecule has 0 aliphatic carbocycles. The maximum atomic E-state index is 5.45. The Bertz CT molecular complexity index is 1140.